The van der Waals surface area contributed by atoms with Crippen molar-refractivity contribution in [2.75, 3.05) is 6.61 Å². The number of phosphoric acid groups is 1. The normalized spacial score (nSPS) is 23.0. The summed E-state index contributed by atoms with van der Waals surface area (Å²) >= 11 is 0. The summed E-state index contributed by atoms with van der Waals surface area (Å²) in [5.74, 6) is -0.517. The molecule has 1 saturated carbocycles. The molecule has 0 radical (unpaired) electrons. The molecule has 3 rings (SSSR count). The predicted octanol–water partition coefficient (Wildman–Crippen LogP) is 8.15. The first-order valence-electron chi connectivity index (χ1n) is 14.3. The van der Waals surface area contributed by atoms with Crippen LogP contribution in [0.25, 0.3) is 0 Å². The van der Waals surface area contributed by atoms with Gasteiger partial charge in [-0.1, -0.05) is 64.3 Å². The molecule has 1 unspecified atom stereocenters. The lowest BCUT2D eigenvalue weighted by molar-refractivity contribution is -0.157. The maximum Gasteiger partial charge on any atom is 0.473 e. The lowest BCUT2D eigenvalue weighted by Crippen LogP contribution is -2.45. The van der Waals surface area contributed by atoms with Crippen molar-refractivity contribution in [2.45, 2.75) is 111 Å². The molecule has 39 heavy (non-hydrogen) atoms. The van der Waals surface area contributed by atoms with Crippen molar-refractivity contribution in [3.63, 3.8) is 0 Å². The number of phenolic OH excluding ortho intramolecular Hbond substituents is 1. The zero-order valence-corrected chi connectivity index (χ0v) is 25.4. The number of aromatic hydroxyl groups is 1. The van der Waals surface area contributed by atoms with Crippen LogP contribution in [0, 0.1) is 11.3 Å². The Morgan fingerprint density at radius 3 is 2.46 bits per heavy atom. The third-order valence-corrected chi connectivity index (χ3v) is 8.65. The van der Waals surface area contributed by atoms with Crippen LogP contribution in [0.2, 0.25) is 0 Å². The Balaban J connectivity index is 2.03. The number of hydrogen-bond donors (Lipinski definition) is 2. The van der Waals surface area contributed by atoms with Crippen molar-refractivity contribution in [1.29, 1.82) is 0 Å². The van der Waals surface area contributed by atoms with Crippen molar-refractivity contribution in [2.24, 2.45) is 11.3 Å². The molecule has 0 heterocycles. The molecular weight excluding hydrogens is 515 g/mol. The second-order valence-electron chi connectivity index (χ2n) is 12.6. The highest BCUT2D eigenvalue weighted by Crippen LogP contribution is 2.53. The van der Waals surface area contributed by atoms with Gasteiger partial charge in [-0.3, -0.25) is 9.05 Å². The standard InChI is InChI=1S/C31H47O7P/c1-8-12-23-18-26(32)28(25-17-22(4)13-14-24(25)21(2)3)27(19-23)37-29(33)31(15-10-9-11-16-31)38-39(34,35)36-20-30(5,6)7/h17-19,24-25,32H,2,8-16,20H2,1,3-7H3,(H,34,35)/t24-,25+/m0/s1. The van der Waals surface area contributed by atoms with Crippen LogP contribution in [0.3, 0.4) is 0 Å². The van der Waals surface area contributed by atoms with Gasteiger partial charge in [-0.25, -0.2) is 9.36 Å². The van der Waals surface area contributed by atoms with Crippen LogP contribution in [0.5, 0.6) is 11.5 Å². The number of carbonyl (C=O) groups is 1. The molecule has 2 N–H and O–H groups in total. The summed E-state index contributed by atoms with van der Waals surface area (Å²) < 4.78 is 30.1. The van der Waals surface area contributed by atoms with E-state index in [2.05, 4.69) is 19.6 Å². The molecule has 0 saturated heterocycles. The molecule has 1 aromatic carbocycles. The minimum absolute atomic E-state index is 0.00134. The Bertz CT molecular complexity index is 1120. The fourth-order valence-electron chi connectivity index (χ4n) is 5.60. The summed E-state index contributed by atoms with van der Waals surface area (Å²) in [5, 5.41) is 11.3. The number of rotatable bonds is 10. The zero-order chi connectivity index (χ0) is 29.0. The smallest absolute Gasteiger partial charge is 0.473 e. The minimum Gasteiger partial charge on any atom is -0.507 e. The van der Waals surface area contributed by atoms with Crippen LogP contribution in [-0.4, -0.2) is 28.2 Å². The molecule has 1 aromatic rings. The largest absolute Gasteiger partial charge is 0.507 e. The van der Waals surface area contributed by atoms with E-state index >= 15 is 0 Å². The minimum atomic E-state index is -4.55. The van der Waals surface area contributed by atoms with Crippen LogP contribution in [-0.2, 0) is 24.8 Å². The molecule has 0 aliphatic heterocycles. The van der Waals surface area contributed by atoms with Crippen molar-refractivity contribution in [1.82, 2.24) is 0 Å². The maximum atomic E-state index is 13.9. The fourth-order valence-corrected chi connectivity index (χ4v) is 6.90. The summed E-state index contributed by atoms with van der Waals surface area (Å²) in [5.41, 5.74) is 1.63. The van der Waals surface area contributed by atoms with Gasteiger partial charge in [0.15, 0.2) is 5.60 Å². The quantitative estimate of drug-likeness (QED) is 0.128. The van der Waals surface area contributed by atoms with Crippen molar-refractivity contribution >= 4 is 13.8 Å². The van der Waals surface area contributed by atoms with Crippen LogP contribution in [0.1, 0.15) is 110 Å². The molecular formula is C31H47O7P. The lowest BCUT2D eigenvalue weighted by atomic mass is 9.73. The SMILES string of the molecule is C=C(C)[C@@H]1CCC(C)=C[C@H]1c1c(O)cc(CCC)cc1OC(=O)C1(OP(=O)(O)OCC(C)(C)C)CCCCC1. The summed E-state index contributed by atoms with van der Waals surface area (Å²) in [6.45, 7) is 15.9. The van der Waals surface area contributed by atoms with E-state index in [1.807, 2.05) is 40.7 Å². The highest BCUT2D eigenvalue weighted by atomic mass is 31.2. The van der Waals surface area contributed by atoms with Gasteiger partial charge in [-0.15, -0.1) is 0 Å². The topological polar surface area (TPSA) is 102 Å². The Morgan fingerprint density at radius 2 is 1.87 bits per heavy atom. The van der Waals surface area contributed by atoms with Gasteiger partial charge in [0, 0.05) is 11.5 Å². The van der Waals surface area contributed by atoms with E-state index in [0.717, 1.165) is 36.8 Å². The summed E-state index contributed by atoms with van der Waals surface area (Å²) in [6, 6.07) is 3.56. The van der Waals surface area contributed by atoms with Gasteiger partial charge in [-0.05, 0) is 87.8 Å². The van der Waals surface area contributed by atoms with Gasteiger partial charge in [0.25, 0.3) is 0 Å². The van der Waals surface area contributed by atoms with Gasteiger partial charge in [0.1, 0.15) is 11.5 Å². The summed E-state index contributed by atoms with van der Waals surface area (Å²) in [4.78, 5) is 24.5. The van der Waals surface area contributed by atoms with Crippen LogP contribution >= 0.6 is 7.82 Å². The number of hydrogen-bond acceptors (Lipinski definition) is 6. The third-order valence-electron chi connectivity index (χ3n) is 7.62. The maximum absolute atomic E-state index is 13.9. The molecule has 0 spiro atoms. The van der Waals surface area contributed by atoms with E-state index in [4.69, 9.17) is 13.8 Å². The highest BCUT2D eigenvalue weighted by molar-refractivity contribution is 7.47. The number of phenols is 1. The molecule has 0 bridgehead atoms. The molecule has 7 nitrogen and oxygen atoms in total. The van der Waals surface area contributed by atoms with Crippen molar-refractivity contribution in [3.05, 3.63) is 47.1 Å². The Morgan fingerprint density at radius 1 is 1.21 bits per heavy atom. The predicted molar refractivity (Wildman–Crippen MR) is 154 cm³/mol. The highest BCUT2D eigenvalue weighted by Gasteiger charge is 2.49. The van der Waals surface area contributed by atoms with Crippen molar-refractivity contribution < 1.29 is 33.1 Å². The number of aryl methyl sites for hydroxylation is 1. The first kappa shape index (κ1) is 31.6. The number of esters is 1. The Labute approximate surface area is 234 Å². The van der Waals surface area contributed by atoms with E-state index in [-0.39, 0.29) is 48.2 Å². The number of allylic oxidation sites excluding steroid dienone is 3. The Hall–Kier alpha value is -1.92. The second-order valence-corrected chi connectivity index (χ2v) is 14.0. The molecule has 2 aliphatic rings. The van der Waals surface area contributed by atoms with Crippen LogP contribution in [0.15, 0.2) is 35.9 Å². The molecule has 1 fully saturated rings. The summed E-state index contributed by atoms with van der Waals surface area (Å²) in [6.07, 6.45) is 8.22. The Kier molecular flexibility index (Phi) is 10.3. The zero-order valence-electron chi connectivity index (χ0n) is 24.5. The lowest BCUT2D eigenvalue weighted by Gasteiger charge is -2.36. The van der Waals surface area contributed by atoms with Crippen molar-refractivity contribution in [3.8, 4) is 11.5 Å². The number of ether oxygens (including phenoxy) is 1. The first-order chi connectivity index (χ1) is 18.2. The average molecular weight is 563 g/mol. The molecule has 218 valence electrons. The van der Waals surface area contributed by atoms with Crippen LogP contribution < -0.4 is 4.74 Å². The van der Waals surface area contributed by atoms with Gasteiger partial charge in [-0.2, -0.15) is 0 Å². The monoisotopic (exact) mass is 562 g/mol. The number of phosphoric ester groups is 1. The third kappa shape index (κ3) is 8.29. The average Bonchev–Trinajstić information content (AvgIpc) is 2.82. The van der Waals surface area contributed by atoms with Gasteiger partial charge < -0.3 is 14.7 Å². The van der Waals surface area contributed by atoms with E-state index in [9.17, 15) is 19.4 Å². The summed E-state index contributed by atoms with van der Waals surface area (Å²) in [7, 11) is -4.55. The number of benzene rings is 1. The van der Waals surface area contributed by atoms with E-state index in [0.29, 0.717) is 24.8 Å². The van der Waals surface area contributed by atoms with Crippen LogP contribution in [0.4, 0.5) is 0 Å². The first-order valence-corrected chi connectivity index (χ1v) is 15.7. The molecule has 0 amide bonds. The van der Waals surface area contributed by atoms with E-state index in [1.165, 1.54) is 5.57 Å². The van der Waals surface area contributed by atoms with E-state index < -0.39 is 19.4 Å². The van der Waals surface area contributed by atoms with Gasteiger partial charge >= 0.3 is 13.8 Å². The molecule has 0 aromatic heterocycles. The molecule has 2 aliphatic carbocycles. The fraction of sp³-hybridized carbons (Fsp3) is 0.645. The van der Waals surface area contributed by atoms with Gasteiger partial charge in [0.05, 0.1) is 6.61 Å². The molecule has 8 heteroatoms. The van der Waals surface area contributed by atoms with Gasteiger partial charge in [0.2, 0.25) is 0 Å². The van der Waals surface area contributed by atoms with E-state index in [1.54, 1.807) is 6.07 Å². The molecule has 3 atom stereocenters. The second kappa shape index (κ2) is 12.7. The number of carbonyl (C=O) groups excluding carboxylic acids is 1.